The topological polar surface area (TPSA) is 66.8 Å². The monoisotopic (exact) mass is 325 g/mol. The fraction of sp³-hybridized carbons (Fsp3) is 0.263. The van der Waals surface area contributed by atoms with E-state index in [9.17, 15) is 14.7 Å². The summed E-state index contributed by atoms with van der Waals surface area (Å²) in [6, 6.07) is 13.9. The lowest BCUT2D eigenvalue weighted by Crippen LogP contribution is -2.33. The molecule has 5 heteroatoms. The number of nitrogens with zero attached hydrogens (tertiary/aromatic N) is 1. The van der Waals surface area contributed by atoms with Gasteiger partial charge in [-0.2, -0.15) is 0 Å². The molecule has 1 heterocycles. The summed E-state index contributed by atoms with van der Waals surface area (Å²) in [6.07, 6.45) is 0.805. The number of carboxylic acids is 1. The van der Waals surface area contributed by atoms with Crippen LogP contribution in [0.1, 0.15) is 27.1 Å². The van der Waals surface area contributed by atoms with Gasteiger partial charge in [0.15, 0.2) is 0 Å². The van der Waals surface area contributed by atoms with Crippen molar-refractivity contribution in [2.45, 2.75) is 6.42 Å². The Morgan fingerprint density at radius 2 is 1.50 bits per heavy atom. The zero-order chi connectivity index (χ0) is 16.9. The second-order valence-corrected chi connectivity index (χ2v) is 5.65. The lowest BCUT2D eigenvalue weighted by molar-refractivity contribution is 0.0695. The van der Waals surface area contributed by atoms with E-state index in [0.717, 1.165) is 6.42 Å². The smallest absolute Gasteiger partial charge is 0.336 e. The largest absolute Gasteiger partial charge is 0.478 e. The Kier molecular flexibility index (Phi) is 4.91. The van der Waals surface area contributed by atoms with Gasteiger partial charge in [-0.3, -0.25) is 4.79 Å². The van der Waals surface area contributed by atoms with Gasteiger partial charge in [-0.25, -0.2) is 4.79 Å². The molecular weight excluding hydrogens is 306 g/mol. The molecule has 124 valence electrons. The van der Waals surface area contributed by atoms with E-state index >= 15 is 0 Å². The normalized spacial score (nSPS) is 14.9. The summed E-state index contributed by atoms with van der Waals surface area (Å²) in [5.41, 5.74) is 1.91. The molecule has 1 fully saturated rings. The minimum atomic E-state index is -1.00. The summed E-state index contributed by atoms with van der Waals surface area (Å²) >= 11 is 0. The molecule has 2 aromatic carbocycles. The number of amides is 1. The Morgan fingerprint density at radius 1 is 0.875 bits per heavy atom. The standard InChI is InChI=1S/C19H19NO4/c21-18(20-10-5-12-24-13-11-20)16-8-3-1-6-14(16)15-7-2-4-9-17(15)19(22)23/h1-4,6-9H,5,10-13H2,(H,22,23). The molecule has 0 unspecified atom stereocenters. The van der Waals surface area contributed by atoms with E-state index < -0.39 is 5.97 Å². The Bertz CT molecular complexity index is 749. The first-order valence-corrected chi connectivity index (χ1v) is 7.97. The van der Waals surface area contributed by atoms with Crippen LogP contribution in [0.5, 0.6) is 0 Å². The highest BCUT2D eigenvalue weighted by atomic mass is 16.5. The maximum Gasteiger partial charge on any atom is 0.336 e. The van der Waals surface area contributed by atoms with Gasteiger partial charge in [0.25, 0.3) is 5.91 Å². The minimum absolute atomic E-state index is 0.0868. The van der Waals surface area contributed by atoms with Crippen LogP contribution in [0.2, 0.25) is 0 Å². The maximum atomic E-state index is 13.0. The van der Waals surface area contributed by atoms with E-state index in [-0.39, 0.29) is 11.5 Å². The van der Waals surface area contributed by atoms with E-state index in [1.807, 2.05) is 6.07 Å². The molecule has 1 N–H and O–H groups in total. The van der Waals surface area contributed by atoms with Gasteiger partial charge in [0, 0.05) is 25.3 Å². The van der Waals surface area contributed by atoms with Crippen molar-refractivity contribution in [1.82, 2.24) is 4.90 Å². The van der Waals surface area contributed by atoms with Crippen LogP contribution < -0.4 is 0 Å². The number of benzene rings is 2. The maximum absolute atomic E-state index is 13.0. The van der Waals surface area contributed by atoms with Gasteiger partial charge in [-0.1, -0.05) is 36.4 Å². The zero-order valence-corrected chi connectivity index (χ0v) is 13.3. The summed E-state index contributed by atoms with van der Waals surface area (Å²) in [4.78, 5) is 26.2. The molecule has 1 amide bonds. The first kappa shape index (κ1) is 16.2. The molecule has 0 aromatic heterocycles. The van der Waals surface area contributed by atoms with Gasteiger partial charge in [0.05, 0.1) is 12.2 Å². The van der Waals surface area contributed by atoms with Crippen molar-refractivity contribution in [1.29, 1.82) is 0 Å². The van der Waals surface area contributed by atoms with Crippen molar-refractivity contribution < 1.29 is 19.4 Å². The third-order valence-corrected chi connectivity index (χ3v) is 4.11. The molecule has 0 bridgehead atoms. The van der Waals surface area contributed by atoms with Gasteiger partial charge in [-0.05, 0) is 29.7 Å². The van der Waals surface area contributed by atoms with E-state index in [1.165, 1.54) is 0 Å². The number of ether oxygens (including phenoxy) is 1. The van der Waals surface area contributed by atoms with E-state index in [1.54, 1.807) is 47.4 Å². The molecule has 2 aromatic rings. The molecule has 0 spiro atoms. The minimum Gasteiger partial charge on any atom is -0.478 e. The van der Waals surface area contributed by atoms with Crippen LogP contribution in [0, 0.1) is 0 Å². The number of aromatic carboxylic acids is 1. The number of carbonyl (C=O) groups is 2. The molecule has 1 aliphatic rings. The van der Waals surface area contributed by atoms with E-state index in [4.69, 9.17) is 4.74 Å². The molecule has 1 saturated heterocycles. The average molecular weight is 325 g/mol. The number of hydrogen-bond donors (Lipinski definition) is 1. The molecular formula is C19H19NO4. The predicted molar refractivity (Wildman–Crippen MR) is 90.2 cm³/mol. The molecule has 0 radical (unpaired) electrons. The highest BCUT2D eigenvalue weighted by Crippen LogP contribution is 2.28. The second kappa shape index (κ2) is 7.27. The van der Waals surface area contributed by atoms with Crippen molar-refractivity contribution >= 4 is 11.9 Å². The van der Waals surface area contributed by atoms with Crippen LogP contribution in [0.3, 0.4) is 0 Å². The molecule has 1 aliphatic heterocycles. The third-order valence-electron chi connectivity index (χ3n) is 4.11. The molecule has 0 atom stereocenters. The van der Waals surface area contributed by atoms with Crippen LogP contribution in [0.4, 0.5) is 0 Å². The number of rotatable bonds is 3. The van der Waals surface area contributed by atoms with Gasteiger partial charge in [0.2, 0.25) is 0 Å². The van der Waals surface area contributed by atoms with Gasteiger partial charge < -0.3 is 14.7 Å². The Hall–Kier alpha value is -2.66. The first-order chi connectivity index (χ1) is 11.7. The van der Waals surface area contributed by atoms with Crippen molar-refractivity contribution in [3.8, 4) is 11.1 Å². The van der Waals surface area contributed by atoms with Gasteiger partial charge in [0.1, 0.15) is 0 Å². The lowest BCUT2D eigenvalue weighted by atomic mass is 9.94. The second-order valence-electron chi connectivity index (χ2n) is 5.65. The van der Waals surface area contributed by atoms with Crippen molar-refractivity contribution in [2.24, 2.45) is 0 Å². The lowest BCUT2D eigenvalue weighted by Gasteiger charge is -2.21. The summed E-state index contributed by atoms with van der Waals surface area (Å²) in [5.74, 6) is -1.09. The Morgan fingerprint density at radius 3 is 2.21 bits per heavy atom. The van der Waals surface area contributed by atoms with Crippen LogP contribution >= 0.6 is 0 Å². The van der Waals surface area contributed by atoms with Crippen molar-refractivity contribution in [2.75, 3.05) is 26.3 Å². The molecule has 0 saturated carbocycles. The van der Waals surface area contributed by atoms with E-state index in [0.29, 0.717) is 43.0 Å². The molecule has 24 heavy (non-hydrogen) atoms. The molecule has 3 rings (SSSR count). The first-order valence-electron chi connectivity index (χ1n) is 7.97. The fourth-order valence-corrected chi connectivity index (χ4v) is 2.93. The highest BCUT2D eigenvalue weighted by molar-refractivity contribution is 6.04. The summed E-state index contributed by atoms with van der Waals surface area (Å²) < 4.78 is 5.40. The fourth-order valence-electron chi connectivity index (χ4n) is 2.93. The predicted octanol–water partition coefficient (Wildman–Crippen LogP) is 2.91. The molecule has 5 nitrogen and oxygen atoms in total. The summed E-state index contributed by atoms with van der Waals surface area (Å²) in [5, 5.41) is 9.43. The van der Waals surface area contributed by atoms with Crippen LogP contribution in [0.25, 0.3) is 11.1 Å². The summed E-state index contributed by atoms with van der Waals surface area (Å²) in [7, 11) is 0. The third kappa shape index (κ3) is 3.31. The Labute approximate surface area is 140 Å². The molecule has 0 aliphatic carbocycles. The van der Waals surface area contributed by atoms with Crippen LogP contribution in [-0.2, 0) is 4.74 Å². The number of carbonyl (C=O) groups excluding carboxylic acids is 1. The van der Waals surface area contributed by atoms with Gasteiger partial charge in [-0.15, -0.1) is 0 Å². The Balaban J connectivity index is 2.02. The van der Waals surface area contributed by atoms with Crippen molar-refractivity contribution in [3.05, 3.63) is 59.7 Å². The highest BCUT2D eigenvalue weighted by Gasteiger charge is 2.22. The SMILES string of the molecule is O=C(O)c1ccccc1-c1ccccc1C(=O)N1CCCOCC1. The zero-order valence-electron chi connectivity index (χ0n) is 13.3. The van der Waals surface area contributed by atoms with Gasteiger partial charge >= 0.3 is 5.97 Å². The quantitative estimate of drug-likeness (QED) is 0.942. The van der Waals surface area contributed by atoms with E-state index in [2.05, 4.69) is 0 Å². The van der Waals surface area contributed by atoms with Crippen LogP contribution in [-0.4, -0.2) is 48.2 Å². The number of hydrogen-bond acceptors (Lipinski definition) is 3. The van der Waals surface area contributed by atoms with Crippen molar-refractivity contribution in [3.63, 3.8) is 0 Å². The average Bonchev–Trinajstić information content (AvgIpc) is 2.90. The number of carboxylic acid groups (broad SMARTS) is 1. The summed E-state index contributed by atoms with van der Waals surface area (Å²) in [6.45, 7) is 2.38. The van der Waals surface area contributed by atoms with Crippen LogP contribution in [0.15, 0.2) is 48.5 Å².